The normalized spacial score (nSPS) is 59.2. The molecule has 0 atom stereocenters. The van der Waals surface area contributed by atoms with Crippen molar-refractivity contribution >= 4 is 0 Å². The van der Waals surface area contributed by atoms with Gasteiger partial charge in [-0.05, 0) is 24.7 Å². The third-order valence-corrected chi connectivity index (χ3v) is 2.68. The number of hydrogen-bond acceptors (Lipinski definition) is 1. The van der Waals surface area contributed by atoms with Crippen molar-refractivity contribution in [2.45, 2.75) is 31.8 Å². The zero-order chi connectivity index (χ0) is 5.83. The zero-order valence-corrected chi connectivity index (χ0v) is 5.53. The van der Waals surface area contributed by atoms with Gasteiger partial charge in [0.15, 0.2) is 0 Å². The maximum Gasteiger partial charge on any atom is 0.0694 e. The third-order valence-electron chi connectivity index (χ3n) is 2.68. The van der Waals surface area contributed by atoms with E-state index in [4.69, 9.17) is 4.74 Å². The van der Waals surface area contributed by atoms with Gasteiger partial charge in [-0.15, -0.1) is 0 Å². The lowest BCUT2D eigenvalue weighted by Crippen LogP contribution is -2.66. The van der Waals surface area contributed by atoms with Gasteiger partial charge >= 0.3 is 0 Å². The van der Waals surface area contributed by atoms with Crippen LogP contribution in [0.3, 0.4) is 0 Å². The summed E-state index contributed by atoms with van der Waals surface area (Å²) in [5.41, 5.74) is 1.07. The minimum Gasteiger partial charge on any atom is -0.378 e. The first kappa shape index (κ1) is 4.80. The van der Waals surface area contributed by atoms with Gasteiger partial charge in [-0.3, -0.25) is 0 Å². The highest BCUT2D eigenvalue weighted by Gasteiger charge is 2.65. The second-order valence-electron chi connectivity index (χ2n) is 3.73. The van der Waals surface area contributed by atoms with Crippen molar-refractivity contribution in [3.05, 3.63) is 0 Å². The molecule has 3 aliphatic carbocycles. The summed E-state index contributed by atoms with van der Waals surface area (Å²) in [6.07, 6.45) is 3.95. The van der Waals surface area contributed by atoms with E-state index in [1.165, 1.54) is 19.3 Å². The molecule has 0 aromatic heterocycles. The van der Waals surface area contributed by atoms with Crippen LogP contribution in [0, 0.1) is 5.41 Å². The Morgan fingerprint density at radius 2 is 1.75 bits per heavy atom. The van der Waals surface area contributed by atoms with E-state index in [1.807, 2.05) is 7.11 Å². The smallest absolute Gasteiger partial charge is 0.0694 e. The summed E-state index contributed by atoms with van der Waals surface area (Å²) in [7, 11) is 1.83. The van der Waals surface area contributed by atoms with Crippen LogP contribution >= 0.6 is 0 Å². The monoisotopic (exact) mass is 112 g/mol. The van der Waals surface area contributed by atoms with Crippen LogP contribution in [0.4, 0.5) is 0 Å². The lowest BCUT2D eigenvalue weighted by atomic mass is 9.42. The molecule has 46 valence electrons. The van der Waals surface area contributed by atoms with E-state index >= 15 is 0 Å². The third kappa shape index (κ3) is 0.334. The fourth-order valence-corrected chi connectivity index (χ4v) is 2.39. The molecule has 0 aromatic carbocycles. The van der Waals surface area contributed by atoms with Gasteiger partial charge in [0.1, 0.15) is 0 Å². The van der Waals surface area contributed by atoms with Crippen LogP contribution in [0.5, 0.6) is 0 Å². The largest absolute Gasteiger partial charge is 0.378 e. The Bertz CT molecular complexity index is 109. The van der Waals surface area contributed by atoms with E-state index in [-0.39, 0.29) is 0 Å². The van der Waals surface area contributed by atoms with Crippen molar-refractivity contribution in [3.63, 3.8) is 0 Å². The molecule has 8 heavy (non-hydrogen) atoms. The molecule has 0 aromatic rings. The first-order chi connectivity index (χ1) is 3.68. The highest BCUT2D eigenvalue weighted by atomic mass is 16.5. The molecule has 0 heterocycles. The van der Waals surface area contributed by atoms with Gasteiger partial charge in [-0.2, -0.15) is 0 Å². The van der Waals surface area contributed by atoms with Crippen molar-refractivity contribution in [1.82, 2.24) is 0 Å². The zero-order valence-electron chi connectivity index (χ0n) is 5.53. The Balaban J connectivity index is 2.04. The molecule has 3 rings (SSSR count). The summed E-state index contributed by atoms with van der Waals surface area (Å²) in [4.78, 5) is 0. The predicted octanol–water partition coefficient (Wildman–Crippen LogP) is 1.58. The van der Waals surface area contributed by atoms with E-state index in [2.05, 4.69) is 6.92 Å². The van der Waals surface area contributed by atoms with Crippen LogP contribution in [0.25, 0.3) is 0 Å². The van der Waals surface area contributed by atoms with E-state index in [9.17, 15) is 0 Å². The van der Waals surface area contributed by atoms with Crippen LogP contribution in [-0.4, -0.2) is 12.7 Å². The fraction of sp³-hybridized carbons (Fsp3) is 1.00. The fourth-order valence-electron chi connectivity index (χ4n) is 2.39. The van der Waals surface area contributed by atoms with Gasteiger partial charge in [0.2, 0.25) is 0 Å². The van der Waals surface area contributed by atoms with Crippen molar-refractivity contribution in [3.8, 4) is 0 Å². The summed E-state index contributed by atoms with van der Waals surface area (Å²) in [6, 6.07) is 0. The SMILES string of the molecule is COC12CC(C)(C1)C2. The van der Waals surface area contributed by atoms with Gasteiger partial charge in [-0.1, -0.05) is 6.92 Å². The van der Waals surface area contributed by atoms with Gasteiger partial charge in [0.25, 0.3) is 0 Å². The molecule has 2 bridgehead atoms. The first-order valence-corrected chi connectivity index (χ1v) is 3.23. The van der Waals surface area contributed by atoms with Crippen LogP contribution in [0.1, 0.15) is 26.2 Å². The molecule has 1 heteroatoms. The lowest BCUT2D eigenvalue weighted by molar-refractivity contribution is -0.265. The molecule has 0 radical (unpaired) electrons. The topological polar surface area (TPSA) is 9.23 Å². The van der Waals surface area contributed by atoms with Crippen molar-refractivity contribution in [2.75, 3.05) is 7.11 Å². The second-order valence-corrected chi connectivity index (χ2v) is 3.73. The average Bonchev–Trinajstić information content (AvgIpc) is 1.55. The van der Waals surface area contributed by atoms with Crippen molar-refractivity contribution in [1.29, 1.82) is 0 Å². The highest BCUT2D eigenvalue weighted by Crippen LogP contribution is 2.68. The molecular formula is C7H12O. The maximum absolute atomic E-state index is 5.30. The highest BCUT2D eigenvalue weighted by molar-refractivity contribution is 5.17. The molecule has 3 saturated carbocycles. The average molecular weight is 112 g/mol. The molecule has 1 nitrogen and oxygen atoms in total. The Labute approximate surface area is 50.0 Å². The van der Waals surface area contributed by atoms with Gasteiger partial charge < -0.3 is 4.74 Å². The molecule has 0 unspecified atom stereocenters. The van der Waals surface area contributed by atoms with Gasteiger partial charge in [-0.25, -0.2) is 0 Å². The van der Waals surface area contributed by atoms with Crippen LogP contribution in [0.2, 0.25) is 0 Å². The predicted molar refractivity (Wildman–Crippen MR) is 31.7 cm³/mol. The Hall–Kier alpha value is -0.0400. The maximum atomic E-state index is 5.30. The summed E-state index contributed by atoms with van der Waals surface area (Å²) >= 11 is 0. The summed E-state index contributed by atoms with van der Waals surface area (Å²) in [5, 5.41) is 0. The molecule has 3 fully saturated rings. The second kappa shape index (κ2) is 0.971. The number of hydrogen-bond donors (Lipinski definition) is 0. The van der Waals surface area contributed by atoms with Crippen molar-refractivity contribution in [2.24, 2.45) is 5.41 Å². The summed E-state index contributed by atoms with van der Waals surface area (Å²) in [6.45, 7) is 2.34. The van der Waals surface area contributed by atoms with E-state index in [1.54, 1.807) is 0 Å². The Kier molecular flexibility index (Phi) is 0.583. The lowest BCUT2D eigenvalue weighted by Gasteiger charge is -2.68. The van der Waals surface area contributed by atoms with Crippen LogP contribution in [-0.2, 0) is 4.74 Å². The number of rotatable bonds is 1. The van der Waals surface area contributed by atoms with E-state index in [0.29, 0.717) is 11.0 Å². The minimum absolute atomic E-state index is 0.370. The van der Waals surface area contributed by atoms with Crippen molar-refractivity contribution < 1.29 is 4.74 Å². The first-order valence-electron chi connectivity index (χ1n) is 3.23. The number of methoxy groups -OCH3 is 1. The minimum atomic E-state index is 0.370. The van der Waals surface area contributed by atoms with E-state index in [0.717, 1.165) is 0 Å². The molecule has 0 N–H and O–H groups in total. The molecule has 0 amide bonds. The molecule has 3 aliphatic rings. The summed E-state index contributed by atoms with van der Waals surface area (Å²) in [5.74, 6) is 0. The van der Waals surface area contributed by atoms with Gasteiger partial charge in [0.05, 0.1) is 5.60 Å². The quantitative estimate of drug-likeness (QED) is 0.500. The van der Waals surface area contributed by atoms with Crippen LogP contribution in [0.15, 0.2) is 0 Å². The molecular weight excluding hydrogens is 100 g/mol. The van der Waals surface area contributed by atoms with Crippen LogP contribution < -0.4 is 0 Å². The molecule has 0 aliphatic heterocycles. The standard InChI is InChI=1S/C7H12O/c1-6-3-7(4-6,5-6)8-2/h3-5H2,1-2H3. The number of ether oxygens (including phenoxy) is 1. The van der Waals surface area contributed by atoms with Gasteiger partial charge in [0, 0.05) is 7.11 Å². The Morgan fingerprint density at radius 1 is 1.25 bits per heavy atom. The molecule has 0 saturated heterocycles. The Morgan fingerprint density at radius 3 is 1.88 bits per heavy atom. The summed E-state index contributed by atoms with van der Waals surface area (Å²) < 4.78 is 5.30. The molecule has 0 spiro atoms. The van der Waals surface area contributed by atoms with E-state index < -0.39 is 0 Å².